The summed E-state index contributed by atoms with van der Waals surface area (Å²) in [5, 5.41) is 0.981. The van der Waals surface area contributed by atoms with E-state index in [9.17, 15) is 0 Å². The van der Waals surface area contributed by atoms with E-state index in [0.717, 1.165) is 25.2 Å². The molecule has 1 aliphatic rings. The van der Waals surface area contributed by atoms with Gasteiger partial charge in [0.25, 0.3) is 0 Å². The lowest BCUT2D eigenvalue weighted by Gasteiger charge is -2.22. The van der Waals surface area contributed by atoms with Crippen LogP contribution < -0.4 is 0 Å². The van der Waals surface area contributed by atoms with E-state index in [-0.39, 0.29) is 0 Å². The predicted molar refractivity (Wildman–Crippen MR) is 80.7 cm³/mol. The Balaban J connectivity index is 2.01. The van der Waals surface area contributed by atoms with Crippen LogP contribution in [0.5, 0.6) is 0 Å². The van der Waals surface area contributed by atoms with Gasteiger partial charge in [-0.2, -0.15) is 11.8 Å². The molecule has 1 fully saturated rings. The quantitative estimate of drug-likeness (QED) is 0.765. The van der Waals surface area contributed by atoms with Crippen LogP contribution in [0.1, 0.15) is 25.8 Å². The highest BCUT2D eigenvalue weighted by Crippen LogP contribution is 2.31. The second-order valence-electron chi connectivity index (χ2n) is 5.22. The number of rotatable bonds is 2. The predicted octanol–water partition coefficient (Wildman–Crippen LogP) is 4.11. The minimum Gasteiger partial charge on any atom is -0.298 e. The Labute approximate surface area is 123 Å². The molecule has 0 unspecified atom stereocenters. The summed E-state index contributed by atoms with van der Waals surface area (Å²) in [7, 11) is 0. The maximum Gasteiger partial charge on any atom is 0.135 e. The van der Waals surface area contributed by atoms with Crippen LogP contribution in [-0.2, 0) is 6.54 Å². The van der Waals surface area contributed by atoms with E-state index in [4.69, 9.17) is 23.2 Å². The largest absolute Gasteiger partial charge is 0.298 e. The van der Waals surface area contributed by atoms with Crippen molar-refractivity contribution >= 4 is 35.0 Å². The fourth-order valence-corrected chi connectivity index (χ4v) is 3.56. The number of thioether (sulfide) groups is 1. The summed E-state index contributed by atoms with van der Waals surface area (Å²) in [6, 6.07) is 3.78. The summed E-state index contributed by atoms with van der Waals surface area (Å²) in [4.78, 5) is 6.53. The van der Waals surface area contributed by atoms with Crippen molar-refractivity contribution in [2.75, 3.05) is 18.8 Å². The van der Waals surface area contributed by atoms with Crippen LogP contribution in [0.2, 0.25) is 10.3 Å². The molecule has 0 aliphatic carbocycles. The molecule has 0 saturated carbocycles. The van der Waals surface area contributed by atoms with Gasteiger partial charge in [0.05, 0.1) is 0 Å². The molecule has 1 aromatic rings. The van der Waals surface area contributed by atoms with Crippen LogP contribution in [0.15, 0.2) is 12.1 Å². The SMILES string of the molecule is CC1(C)CCN(Cc2ccc(Cl)nc2Cl)CCS1. The zero-order valence-electron chi connectivity index (χ0n) is 10.7. The zero-order chi connectivity index (χ0) is 13.2. The van der Waals surface area contributed by atoms with Crippen molar-refractivity contribution in [2.24, 2.45) is 0 Å². The summed E-state index contributed by atoms with van der Waals surface area (Å²) in [6.45, 7) is 7.71. The lowest BCUT2D eigenvalue weighted by atomic mass is 10.1. The molecule has 1 aliphatic heterocycles. The first-order valence-electron chi connectivity index (χ1n) is 6.13. The van der Waals surface area contributed by atoms with Crippen LogP contribution in [0.25, 0.3) is 0 Å². The zero-order valence-corrected chi connectivity index (χ0v) is 13.1. The Morgan fingerprint density at radius 1 is 1.33 bits per heavy atom. The number of nitrogens with zero attached hydrogens (tertiary/aromatic N) is 2. The molecular weight excluding hydrogens is 287 g/mol. The molecule has 2 heterocycles. The maximum atomic E-state index is 6.12. The van der Waals surface area contributed by atoms with Gasteiger partial charge < -0.3 is 0 Å². The van der Waals surface area contributed by atoms with Gasteiger partial charge >= 0.3 is 0 Å². The summed E-state index contributed by atoms with van der Waals surface area (Å²) in [5.41, 5.74) is 1.06. The number of hydrogen-bond acceptors (Lipinski definition) is 3. The van der Waals surface area contributed by atoms with E-state index in [2.05, 4.69) is 35.5 Å². The van der Waals surface area contributed by atoms with E-state index >= 15 is 0 Å². The third-order valence-electron chi connectivity index (χ3n) is 3.22. The Morgan fingerprint density at radius 3 is 2.83 bits per heavy atom. The molecular formula is C13H18Cl2N2S. The van der Waals surface area contributed by atoms with Gasteiger partial charge in [-0.3, -0.25) is 4.90 Å². The van der Waals surface area contributed by atoms with Crippen molar-refractivity contribution in [1.29, 1.82) is 0 Å². The minimum absolute atomic E-state index is 0.386. The molecule has 5 heteroatoms. The first kappa shape index (κ1) is 14.4. The van der Waals surface area contributed by atoms with Gasteiger partial charge in [0, 0.05) is 29.2 Å². The van der Waals surface area contributed by atoms with E-state index in [0.29, 0.717) is 15.1 Å². The van der Waals surface area contributed by atoms with Crippen molar-refractivity contribution in [3.8, 4) is 0 Å². The van der Waals surface area contributed by atoms with Crippen molar-refractivity contribution in [2.45, 2.75) is 31.6 Å². The summed E-state index contributed by atoms with van der Waals surface area (Å²) in [6.07, 6.45) is 1.20. The first-order valence-corrected chi connectivity index (χ1v) is 7.88. The van der Waals surface area contributed by atoms with Crippen LogP contribution in [0, 0.1) is 0 Å². The van der Waals surface area contributed by atoms with Gasteiger partial charge in [-0.25, -0.2) is 4.98 Å². The second kappa shape index (κ2) is 6.00. The molecule has 0 bridgehead atoms. The second-order valence-corrected chi connectivity index (χ2v) is 7.77. The fourth-order valence-electron chi connectivity index (χ4n) is 2.02. The standard InChI is InChI=1S/C13H18Cl2N2S/c1-13(2)5-6-17(7-8-18-13)9-10-3-4-11(14)16-12(10)15/h3-4H,5-9H2,1-2H3. The lowest BCUT2D eigenvalue weighted by molar-refractivity contribution is 0.276. The van der Waals surface area contributed by atoms with Crippen molar-refractivity contribution in [3.63, 3.8) is 0 Å². The normalized spacial score (nSPS) is 20.7. The maximum absolute atomic E-state index is 6.12. The molecule has 0 atom stereocenters. The highest BCUT2D eigenvalue weighted by molar-refractivity contribution is 8.00. The van der Waals surface area contributed by atoms with Crippen molar-refractivity contribution in [3.05, 3.63) is 28.0 Å². The van der Waals surface area contributed by atoms with Crippen LogP contribution >= 0.6 is 35.0 Å². The molecule has 1 saturated heterocycles. The molecule has 0 aromatic carbocycles. The van der Waals surface area contributed by atoms with Crippen molar-refractivity contribution in [1.82, 2.24) is 9.88 Å². The minimum atomic E-state index is 0.386. The third kappa shape index (κ3) is 4.02. The van der Waals surface area contributed by atoms with E-state index in [1.54, 1.807) is 6.07 Å². The van der Waals surface area contributed by atoms with Gasteiger partial charge in [-0.15, -0.1) is 0 Å². The number of hydrogen-bond donors (Lipinski definition) is 0. The van der Waals surface area contributed by atoms with Gasteiger partial charge in [0.2, 0.25) is 0 Å². The van der Waals surface area contributed by atoms with E-state index < -0.39 is 0 Å². The Morgan fingerprint density at radius 2 is 2.11 bits per heavy atom. The number of aromatic nitrogens is 1. The molecule has 1 aromatic heterocycles. The average molecular weight is 305 g/mol. The van der Waals surface area contributed by atoms with Crippen LogP contribution in [0.4, 0.5) is 0 Å². The molecule has 18 heavy (non-hydrogen) atoms. The molecule has 0 N–H and O–H groups in total. The van der Waals surface area contributed by atoms with E-state index in [1.807, 2.05) is 6.07 Å². The Kier molecular flexibility index (Phi) is 4.81. The molecule has 2 nitrogen and oxygen atoms in total. The Hall–Kier alpha value is 0.0400. The smallest absolute Gasteiger partial charge is 0.135 e. The fraction of sp³-hybridized carbons (Fsp3) is 0.615. The Bertz CT molecular complexity index is 423. The van der Waals surface area contributed by atoms with E-state index in [1.165, 1.54) is 12.2 Å². The third-order valence-corrected chi connectivity index (χ3v) is 5.13. The van der Waals surface area contributed by atoms with Crippen molar-refractivity contribution < 1.29 is 0 Å². The van der Waals surface area contributed by atoms with Gasteiger partial charge in [-0.1, -0.05) is 43.1 Å². The molecule has 2 rings (SSSR count). The molecule has 0 radical (unpaired) electrons. The molecule has 100 valence electrons. The van der Waals surface area contributed by atoms with Gasteiger partial charge in [-0.05, 0) is 19.0 Å². The molecule has 0 spiro atoms. The highest BCUT2D eigenvalue weighted by Gasteiger charge is 2.23. The summed E-state index contributed by atoms with van der Waals surface area (Å²) in [5.74, 6) is 1.17. The molecule has 0 amide bonds. The van der Waals surface area contributed by atoms with Crippen LogP contribution in [0.3, 0.4) is 0 Å². The monoisotopic (exact) mass is 304 g/mol. The van der Waals surface area contributed by atoms with Gasteiger partial charge in [0.1, 0.15) is 10.3 Å². The topological polar surface area (TPSA) is 16.1 Å². The number of halogens is 2. The summed E-state index contributed by atoms with van der Waals surface area (Å²) >= 11 is 14.0. The lowest BCUT2D eigenvalue weighted by Crippen LogP contribution is -2.27. The van der Waals surface area contributed by atoms with Crippen LogP contribution in [-0.4, -0.2) is 33.5 Å². The van der Waals surface area contributed by atoms with Gasteiger partial charge in [0.15, 0.2) is 0 Å². The average Bonchev–Trinajstić information content (AvgIpc) is 2.44. The number of pyridine rings is 1. The summed E-state index contributed by atoms with van der Waals surface area (Å²) < 4.78 is 0.386. The first-order chi connectivity index (χ1) is 8.46. The highest BCUT2D eigenvalue weighted by atomic mass is 35.5.